The van der Waals surface area contributed by atoms with Gasteiger partial charge in [0.05, 0.1) is 11.8 Å². The monoisotopic (exact) mass is 340 g/mol. The third-order valence-electron chi connectivity index (χ3n) is 2.82. The van der Waals surface area contributed by atoms with E-state index in [1.807, 2.05) is 0 Å². The molecule has 2 rings (SSSR count). The van der Waals surface area contributed by atoms with Crippen molar-refractivity contribution in [2.24, 2.45) is 5.92 Å². The molecule has 0 unspecified atom stereocenters. The lowest BCUT2D eigenvalue weighted by Crippen LogP contribution is -2.22. The first kappa shape index (κ1) is 15.2. The van der Waals surface area contributed by atoms with Gasteiger partial charge in [-0.15, -0.1) is 0 Å². The van der Waals surface area contributed by atoms with E-state index in [-0.39, 0.29) is 5.82 Å². The zero-order valence-corrected chi connectivity index (χ0v) is 13.2. The third-order valence-corrected chi connectivity index (χ3v) is 3.31. The summed E-state index contributed by atoms with van der Waals surface area (Å²) in [7, 11) is 0. The first-order chi connectivity index (χ1) is 9.56. The van der Waals surface area contributed by atoms with Crippen molar-refractivity contribution in [3.63, 3.8) is 0 Å². The van der Waals surface area contributed by atoms with Gasteiger partial charge in [0.2, 0.25) is 0 Å². The minimum Gasteiger partial charge on any atom is -0.441 e. The van der Waals surface area contributed by atoms with Gasteiger partial charge in [-0.3, -0.25) is 0 Å². The summed E-state index contributed by atoms with van der Waals surface area (Å²) in [5.74, 6) is 1.39. The molecule has 0 amide bonds. The molecule has 1 N–H and O–H groups in total. The van der Waals surface area contributed by atoms with Crippen LogP contribution in [0.3, 0.4) is 0 Å². The van der Waals surface area contributed by atoms with Crippen LogP contribution in [-0.4, -0.2) is 18.1 Å². The van der Waals surface area contributed by atoms with E-state index < -0.39 is 0 Å². The number of benzene rings is 1. The molecule has 1 heterocycles. The van der Waals surface area contributed by atoms with Gasteiger partial charge in [0, 0.05) is 17.4 Å². The fraction of sp³-hybridized carbons (Fsp3) is 0.400. The van der Waals surface area contributed by atoms with Gasteiger partial charge in [-0.1, -0.05) is 29.8 Å². The smallest absolute Gasteiger partial charge is 0.196 e. The van der Waals surface area contributed by atoms with Gasteiger partial charge in [-0.2, -0.15) is 0 Å². The summed E-state index contributed by atoms with van der Waals surface area (Å²) >= 11 is 3.33. The zero-order chi connectivity index (χ0) is 14.5. The first-order valence-electron chi connectivity index (χ1n) is 6.67. The van der Waals surface area contributed by atoms with Crippen LogP contribution in [0.25, 0.3) is 11.3 Å². The highest BCUT2D eigenvalue weighted by Gasteiger charge is 2.11. The number of rotatable bonds is 6. The lowest BCUT2D eigenvalue weighted by atomic mass is 10.2. The van der Waals surface area contributed by atoms with E-state index in [4.69, 9.17) is 4.42 Å². The number of nitrogens with one attached hydrogen (secondary N) is 1. The molecule has 1 aromatic carbocycles. The molecule has 1 aromatic heterocycles. The molecule has 2 aromatic rings. The second-order valence-electron chi connectivity index (χ2n) is 5.09. The van der Waals surface area contributed by atoms with Gasteiger partial charge >= 0.3 is 0 Å². The van der Waals surface area contributed by atoms with Gasteiger partial charge in [-0.25, -0.2) is 9.37 Å². The summed E-state index contributed by atoms with van der Waals surface area (Å²) < 4.78 is 20.2. The average Bonchev–Trinajstić information content (AvgIpc) is 2.86. The summed E-state index contributed by atoms with van der Waals surface area (Å²) in [5.41, 5.74) is 0.424. The van der Waals surface area contributed by atoms with Crippen molar-refractivity contribution >= 4 is 15.9 Å². The van der Waals surface area contributed by atoms with E-state index in [9.17, 15) is 4.39 Å². The Hall–Kier alpha value is -1.20. The fourth-order valence-electron chi connectivity index (χ4n) is 1.82. The quantitative estimate of drug-likeness (QED) is 0.806. The fourth-order valence-corrected chi connectivity index (χ4v) is 2.18. The molecule has 0 saturated heterocycles. The molecule has 108 valence electrons. The van der Waals surface area contributed by atoms with Crippen molar-refractivity contribution in [3.8, 4) is 11.3 Å². The van der Waals surface area contributed by atoms with E-state index >= 15 is 0 Å². The lowest BCUT2D eigenvalue weighted by Gasteiger charge is -2.05. The van der Waals surface area contributed by atoms with Gasteiger partial charge in [0.25, 0.3) is 0 Å². The summed E-state index contributed by atoms with van der Waals surface area (Å²) in [4.78, 5) is 4.19. The Balaban J connectivity index is 2.00. The molecule has 0 aliphatic rings. The number of aromatic nitrogens is 1. The molecule has 5 heteroatoms. The largest absolute Gasteiger partial charge is 0.441 e. The number of oxazole rings is 1. The Labute approximate surface area is 126 Å². The van der Waals surface area contributed by atoms with Crippen molar-refractivity contribution < 1.29 is 8.81 Å². The maximum atomic E-state index is 13.7. The van der Waals surface area contributed by atoms with Crippen LogP contribution < -0.4 is 5.32 Å². The Morgan fingerprint density at radius 3 is 2.95 bits per heavy atom. The van der Waals surface area contributed by atoms with Gasteiger partial charge in [0.15, 0.2) is 11.7 Å². The lowest BCUT2D eigenvalue weighted by molar-refractivity contribution is 0.480. The topological polar surface area (TPSA) is 38.1 Å². The van der Waals surface area contributed by atoms with Crippen molar-refractivity contribution in [2.75, 3.05) is 13.1 Å². The maximum Gasteiger partial charge on any atom is 0.196 e. The molecular formula is C15H18BrFN2O. The molecular weight excluding hydrogens is 323 g/mol. The number of hydrogen-bond donors (Lipinski definition) is 1. The van der Waals surface area contributed by atoms with E-state index in [2.05, 4.69) is 40.1 Å². The van der Waals surface area contributed by atoms with Crippen molar-refractivity contribution in [3.05, 3.63) is 40.6 Å². The van der Waals surface area contributed by atoms with Crippen molar-refractivity contribution in [1.82, 2.24) is 10.3 Å². The minimum atomic E-state index is -0.311. The summed E-state index contributed by atoms with van der Waals surface area (Å²) in [6.07, 6.45) is 2.27. The van der Waals surface area contributed by atoms with E-state index in [1.165, 1.54) is 6.07 Å². The number of hydrogen-bond acceptors (Lipinski definition) is 3. The van der Waals surface area contributed by atoms with Crippen LogP contribution in [0.1, 0.15) is 19.7 Å². The molecule has 0 saturated carbocycles. The van der Waals surface area contributed by atoms with E-state index in [0.29, 0.717) is 29.6 Å². The Kier molecular flexibility index (Phi) is 5.31. The Morgan fingerprint density at radius 2 is 2.20 bits per heavy atom. The van der Waals surface area contributed by atoms with Crippen LogP contribution in [0.2, 0.25) is 0 Å². The highest BCUT2D eigenvalue weighted by atomic mass is 79.9. The highest BCUT2D eigenvalue weighted by molar-refractivity contribution is 9.10. The van der Waals surface area contributed by atoms with Gasteiger partial charge in [0.1, 0.15) is 5.82 Å². The second-order valence-corrected chi connectivity index (χ2v) is 6.01. The van der Waals surface area contributed by atoms with Crippen LogP contribution in [0, 0.1) is 11.7 Å². The average molecular weight is 341 g/mol. The van der Waals surface area contributed by atoms with Crippen molar-refractivity contribution in [1.29, 1.82) is 0 Å². The molecule has 0 atom stereocenters. The standard InChI is InChI=1S/C15H18BrFN2O/c1-10(2)8-18-6-5-15-19-9-14(20-15)12-7-11(16)3-4-13(12)17/h3-4,7,9-10,18H,5-6,8H2,1-2H3. The number of nitrogens with zero attached hydrogens (tertiary/aromatic N) is 1. The van der Waals surface area contributed by atoms with Crippen LogP contribution in [0.15, 0.2) is 33.3 Å². The predicted octanol–water partition coefficient (Wildman–Crippen LogP) is 4.03. The SMILES string of the molecule is CC(C)CNCCc1ncc(-c2cc(Br)ccc2F)o1. The Bertz CT molecular complexity index is 569. The molecule has 0 bridgehead atoms. The third kappa shape index (κ3) is 4.15. The Morgan fingerprint density at radius 1 is 1.40 bits per heavy atom. The van der Waals surface area contributed by atoms with Crippen LogP contribution >= 0.6 is 15.9 Å². The molecule has 0 aliphatic heterocycles. The van der Waals surface area contributed by atoms with E-state index in [0.717, 1.165) is 17.6 Å². The molecule has 3 nitrogen and oxygen atoms in total. The summed E-state index contributed by atoms with van der Waals surface area (Å²) in [6.45, 7) is 6.09. The zero-order valence-electron chi connectivity index (χ0n) is 11.6. The summed E-state index contributed by atoms with van der Waals surface area (Å²) in [5, 5.41) is 3.32. The molecule has 20 heavy (non-hydrogen) atoms. The first-order valence-corrected chi connectivity index (χ1v) is 7.46. The molecule has 0 aliphatic carbocycles. The van der Waals surface area contributed by atoms with Crippen LogP contribution in [0.4, 0.5) is 4.39 Å². The van der Waals surface area contributed by atoms with Crippen molar-refractivity contribution in [2.45, 2.75) is 20.3 Å². The highest BCUT2D eigenvalue weighted by Crippen LogP contribution is 2.26. The summed E-state index contributed by atoms with van der Waals surface area (Å²) in [6, 6.07) is 4.76. The predicted molar refractivity (Wildman–Crippen MR) is 81.0 cm³/mol. The molecule has 0 radical (unpaired) electrons. The van der Waals surface area contributed by atoms with Gasteiger partial charge < -0.3 is 9.73 Å². The maximum absolute atomic E-state index is 13.7. The normalized spacial score (nSPS) is 11.2. The second kappa shape index (κ2) is 6.99. The molecule has 0 fully saturated rings. The van der Waals surface area contributed by atoms with Crippen LogP contribution in [0.5, 0.6) is 0 Å². The number of halogens is 2. The minimum absolute atomic E-state index is 0.311. The van der Waals surface area contributed by atoms with Gasteiger partial charge in [-0.05, 0) is 30.7 Å². The van der Waals surface area contributed by atoms with Crippen LogP contribution in [-0.2, 0) is 6.42 Å². The molecule has 0 spiro atoms. The van der Waals surface area contributed by atoms with E-state index in [1.54, 1.807) is 18.3 Å².